The van der Waals surface area contributed by atoms with Gasteiger partial charge in [0.2, 0.25) is 5.88 Å². The first-order chi connectivity index (χ1) is 18.7. The number of nitrogens with zero attached hydrogens (tertiary/aromatic N) is 6. The summed E-state index contributed by atoms with van der Waals surface area (Å²) in [5, 5.41) is 0. The van der Waals surface area contributed by atoms with Gasteiger partial charge in [-0.05, 0) is 32.3 Å². The van der Waals surface area contributed by atoms with Crippen molar-refractivity contribution in [3.63, 3.8) is 0 Å². The average Bonchev–Trinajstić information content (AvgIpc) is 3.56. The Morgan fingerprint density at radius 1 is 1.08 bits per heavy atom. The second-order valence-corrected chi connectivity index (χ2v) is 10.1. The van der Waals surface area contributed by atoms with E-state index < -0.39 is 11.9 Å². The van der Waals surface area contributed by atoms with E-state index in [1.54, 1.807) is 25.4 Å². The minimum atomic E-state index is -4.49. The van der Waals surface area contributed by atoms with Gasteiger partial charge >= 0.3 is 6.18 Å². The van der Waals surface area contributed by atoms with Gasteiger partial charge in [-0.25, -0.2) is 24.9 Å². The normalized spacial score (nSPS) is 13.9. The molecule has 0 spiro atoms. The van der Waals surface area contributed by atoms with Crippen molar-refractivity contribution >= 4 is 11.0 Å². The third-order valence-corrected chi connectivity index (χ3v) is 6.65. The number of benzene rings is 1. The topological polar surface area (TPSA) is 94.4 Å². The van der Waals surface area contributed by atoms with Crippen LogP contribution in [0.5, 0.6) is 5.88 Å². The molecule has 39 heavy (non-hydrogen) atoms. The lowest BCUT2D eigenvalue weighted by Crippen LogP contribution is -2.10. The van der Waals surface area contributed by atoms with Crippen LogP contribution in [0.4, 0.5) is 13.2 Å². The molecule has 1 N–H and O–H groups in total. The maximum atomic E-state index is 13.1. The fourth-order valence-corrected chi connectivity index (χ4v) is 4.65. The van der Waals surface area contributed by atoms with Crippen molar-refractivity contribution in [2.75, 3.05) is 0 Å². The summed E-state index contributed by atoms with van der Waals surface area (Å²) in [5.74, 6) is 1.62. The van der Waals surface area contributed by atoms with Crippen molar-refractivity contribution in [2.45, 2.75) is 51.3 Å². The number of hydrogen-bond donors (Lipinski definition) is 1. The van der Waals surface area contributed by atoms with Crippen LogP contribution in [0.15, 0.2) is 49.2 Å². The smallest absolute Gasteiger partial charge is 0.434 e. The molecule has 1 aliphatic rings. The van der Waals surface area contributed by atoms with Crippen molar-refractivity contribution in [1.29, 1.82) is 0 Å². The van der Waals surface area contributed by atoms with Crippen molar-refractivity contribution in [3.05, 3.63) is 71.7 Å². The van der Waals surface area contributed by atoms with Crippen LogP contribution >= 0.6 is 0 Å². The Morgan fingerprint density at radius 3 is 2.51 bits per heavy atom. The van der Waals surface area contributed by atoms with Crippen molar-refractivity contribution < 1.29 is 17.9 Å². The average molecular weight is 534 g/mol. The Morgan fingerprint density at radius 2 is 1.85 bits per heavy atom. The van der Waals surface area contributed by atoms with E-state index in [-0.39, 0.29) is 11.9 Å². The Labute approximate surface area is 222 Å². The number of aromatic nitrogens is 7. The molecule has 6 rings (SSSR count). The molecule has 0 atom stereocenters. The fraction of sp³-hybridized carbons (Fsp3) is 0.321. The zero-order chi connectivity index (χ0) is 27.3. The molecule has 1 aliphatic carbocycles. The fourth-order valence-electron chi connectivity index (χ4n) is 4.65. The molecule has 0 amide bonds. The summed E-state index contributed by atoms with van der Waals surface area (Å²) in [5.41, 5.74) is 4.88. The Kier molecular flexibility index (Phi) is 6.08. The number of halogens is 3. The van der Waals surface area contributed by atoms with Crippen LogP contribution in [0.1, 0.15) is 55.1 Å². The number of aromatic amines is 1. The summed E-state index contributed by atoms with van der Waals surface area (Å²) in [6.07, 6.45) is 4.34. The summed E-state index contributed by atoms with van der Waals surface area (Å²) in [4.78, 5) is 25.5. The summed E-state index contributed by atoms with van der Waals surface area (Å²) in [7, 11) is 1.55. The van der Waals surface area contributed by atoms with Crippen molar-refractivity contribution in [3.8, 4) is 28.7 Å². The standard InChI is InChI=1S/C28H26F3N7O/c1-15(2)39-27-22(24(17-8-9-17)34-14-35-27)25-33-12-20-23(37-25)19(11-32-20)10-16-4-6-18(7-5-16)26-36-21(13-38(26)3)28(29,30)31/h4-7,11-15,17,32H,8-10H2,1-3H3. The predicted octanol–water partition coefficient (Wildman–Crippen LogP) is 6.09. The van der Waals surface area contributed by atoms with E-state index in [0.29, 0.717) is 29.6 Å². The number of aryl methyl sites for hydroxylation is 1. The van der Waals surface area contributed by atoms with E-state index in [2.05, 4.69) is 24.9 Å². The van der Waals surface area contributed by atoms with Crippen LogP contribution in [-0.2, 0) is 19.6 Å². The SMILES string of the molecule is CC(C)Oc1ncnc(C2CC2)c1-c1ncc2[nH]cc(Cc3ccc(-c4nc(C(F)(F)F)cn4C)cc3)c2n1. The maximum Gasteiger partial charge on any atom is 0.434 e. The highest BCUT2D eigenvalue weighted by atomic mass is 19.4. The number of rotatable bonds is 7. The highest BCUT2D eigenvalue weighted by molar-refractivity contribution is 5.81. The number of imidazole rings is 1. The van der Waals surface area contributed by atoms with Gasteiger partial charge in [0.05, 0.1) is 29.0 Å². The van der Waals surface area contributed by atoms with Crippen LogP contribution in [0.3, 0.4) is 0 Å². The van der Waals surface area contributed by atoms with E-state index in [9.17, 15) is 13.2 Å². The molecule has 4 aromatic heterocycles. The third kappa shape index (κ3) is 4.96. The first-order valence-corrected chi connectivity index (χ1v) is 12.7. The number of H-pyrrole nitrogens is 1. The van der Waals surface area contributed by atoms with Gasteiger partial charge in [0.1, 0.15) is 17.7 Å². The Hall–Kier alpha value is -4.28. The largest absolute Gasteiger partial charge is 0.474 e. The van der Waals surface area contributed by atoms with Gasteiger partial charge in [-0.15, -0.1) is 0 Å². The monoisotopic (exact) mass is 533 g/mol. The lowest BCUT2D eigenvalue weighted by molar-refractivity contribution is -0.140. The van der Waals surface area contributed by atoms with Crippen molar-refractivity contribution in [2.24, 2.45) is 7.05 Å². The third-order valence-electron chi connectivity index (χ3n) is 6.65. The summed E-state index contributed by atoms with van der Waals surface area (Å²) >= 11 is 0. The van der Waals surface area contributed by atoms with Gasteiger partial charge in [0.25, 0.3) is 0 Å². The number of fused-ring (bicyclic) bond motifs is 1. The molecule has 0 saturated heterocycles. The zero-order valence-electron chi connectivity index (χ0n) is 21.6. The van der Waals surface area contributed by atoms with Crippen LogP contribution < -0.4 is 4.74 Å². The quantitative estimate of drug-likeness (QED) is 0.272. The molecule has 11 heteroatoms. The number of ether oxygens (including phenoxy) is 1. The second-order valence-electron chi connectivity index (χ2n) is 10.1. The molecule has 4 heterocycles. The number of nitrogens with one attached hydrogen (secondary N) is 1. The molecule has 5 aromatic rings. The highest BCUT2D eigenvalue weighted by Gasteiger charge is 2.34. The summed E-state index contributed by atoms with van der Waals surface area (Å²) < 4.78 is 46.6. The lowest BCUT2D eigenvalue weighted by atomic mass is 10.0. The zero-order valence-corrected chi connectivity index (χ0v) is 21.6. The van der Waals surface area contributed by atoms with E-state index in [4.69, 9.17) is 9.72 Å². The van der Waals surface area contributed by atoms with Gasteiger partial charge in [-0.1, -0.05) is 24.3 Å². The molecule has 1 aromatic carbocycles. The van der Waals surface area contributed by atoms with E-state index in [0.717, 1.165) is 52.5 Å². The summed E-state index contributed by atoms with van der Waals surface area (Å²) in [6, 6.07) is 7.35. The van der Waals surface area contributed by atoms with Gasteiger partial charge < -0.3 is 14.3 Å². The van der Waals surface area contributed by atoms with Crippen LogP contribution in [0.2, 0.25) is 0 Å². The lowest BCUT2D eigenvalue weighted by Gasteiger charge is -2.14. The first-order valence-electron chi connectivity index (χ1n) is 12.7. The van der Waals surface area contributed by atoms with Gasteiger partial charge in [0.15, 0.2) is 11.5 Å². The van der Waals surface area contributed by atoms with Gasteiger partial charge in [-0.3, -0.25) is 0 Å². The Balaban J connectivity index is 1.32. The molecule has 0 radical (unpaired) electrons. The molecule has 0 aliphatic heterocycles. The van der Waals surface area contributed by atoms with Gasteiger partial charge in [-0.2, -0.15) is 13.2 Å². The van der Waals surface area contributed by atoms with Gasteiger partial charge in [0, 0.05) is 42.9 Å². The minimum Gasteiger partial charge on any atom is -0.474 e. The first kappa shape index (κ1) is 25.0. The molecule has 1 fully saturated rings. The number of alkyl halides is 3. The summed E-state index contributed by atoms with van der Waals surface area (Å²) in [6.45, 7) is 3.90. The Bertz CT molecular complexity index is 1650. The van der Waals surface area contributed by atoms with Crippen molar-refractivity contribution in [1.82, 2.24) is 34.5 Å². The highest BCUT2D eigenvalue weighted by Crippen LogP contribution is 2.45. The van der Waals surface area contributed by atoms with Crippen LogP contribution in [0, 0.1) is 0 Å². The molecular formula is C28H26F3N7O. The molecule has 0 bridgehead atoms. The van der Waals surface area contributed by atoms with E-state index in [1.165, 1.54) is 10.9 Å². The molecule has 8 nitrogen and oxygen atoms in total. The molecular weight excluding hydrogens is 507 g/mol. The molecule has 0 unspecified atom stereocenters. The predicted molar refractivity (Wildman–Crippen MR) is 139 cm³/mol. The minimum absolute atomic E-state index is 0.0639. The second kappa shape index (κ2) is 9.48. The maximum absolute atomic E-state index is 13.1. The van der Waals surface area contributed by atoms with Crippen LogP contribution in [-0.4, -0.2) is 40.6 Å². The molecule has 200 valence electrons. The van der Waals surface area contributed by atoms with E-state index in [1.807, 2.05) is 32.2 Å². The molecule has 1 saturated carbocycles. The van der Waals surface area contributed by atoms with E-state index >= 15 is 0 Å². The van der Waals surface area contributed by atoms with Crippen LogP contribution in [0.25, 0.3) is 33.8 Å². The number of hydrogen-bond acceptors (Lipinski definition) is 6.